The van der Waals surface area contributed by atoms with Crippen molar-refractivity contribution in [1.82, 2.24) is 0 Å². The normalized spacial score (nSPS) is 17.8. The molecule has 0 aromatic heterocycles. The Bertz CT molecular complexity index is 893. The Kier molecular flexibility index (Phi) is 8.92. The Morgan fingerprint density at radius 3 is 2.50 bits per heavy atom. The number of carbonyl (C=O) groups is 1. The van der Waals surface area contributed by atoms with E-state index in [1.807, 2.05) is 31.2 Å². The highest BCUT2D eigenvalue weighted by Crippen LogP contribution is 2.40. The molecule has 0 heterocycles. The Labute approximate surface area is 186 Å². The molecule has 0 atom stereocenters. The monoisotopic (exact) mass is 424 g/mol. The lowest BCUT2D eigenvalue weighted by Gasteiger charge is -2.32. The van der Waals surface area contributed by atoms with Crippen LogP contribution in [0, 0.1) is 5.41 Å². The molecular formula is C27H33ClO2. The van der Waals surface area contributed by atoms with Crippen LogP contribution in [0.3, 0.4) is 0 Å². The molecule has 0 fully saturated rings. The molecule has 3 heteroatoms. The molecule has 1 aliphatic rings. The van der Waals surface area contributed by atoms with Crippen LogP contribution in [-0.2, 0) is 16.1 Å². The predicted molar refractivity (Wildman–Crippen MR) is 127 cm³/mol. The molecule has 1 aliphatic carbocycles. The molecule has 0 saturated carbocycles. The van der Waals surface area contributed by atoms with Gasteiger partial charge in [0.1, 0.15) is 6.61 Å². The molecule has 0 unspecified atom stereocenters. The molecule has 1 aromatic rings. The van der Waals surface area contributed by atoms with Gasteiger partial charge in [0.2, 0.25) is 0 Å². The molecule has 0 amide bonds. The highest BCUT2D eigenvalue weighted by molar-refractivity contribution is 6.30. The van der Waals surface area contributed by atoms with Crippen molar-refractivity contribution in [2.75, 3.05) is 0 Å². The fourth-order valence-corrected chi connectivity index (χ4v) is 3.77. The van der Waals surface area contributed by atoms with Gasteiger partial charge in [-0.3, -0.25) is 0 Å². The van der Waals surface area contributed by atoms with Crippen LogP contribution in [0.25, 0.3) is 0 Å². The van der Waals surface area contributed by atoms with Gasteiger partial charge in [0, 0.05) is 11.1 Å². The van der Waals surface area contributed by atoms with Gasteiger partial charge in [-0.1, -0.05) is 79.1 Å². The standard InChI is InChI=1S/C27H33ClO2/c1-20(11-16-25-22(3)10-7-17-27(25,4)5)8-6-9-21(2)18-26(29)30-19-23-12-14-24(28)15-13-23/h6,8-9,11-16,18H,7,10,17,19H2,1-5H3. The lowest BCUT2D eigenvalue weighted by molar-refractivity contribution is -0.139. The van der Waals surface area contributed by atoms with E-state index in [9.17, 15) is 4.79 Å². The summed E-state index contributed by atoms with van der Waals surface area (Å²) in [5.41, 5.74) is 6.14. The minimum Gasteiger partial charge on any atom is -0.458 e. The number of halogens is 1. The third-order valence-electron chi connectivity index (χ3n) is 5.41. The number of carbonyl (C=O) groups excluding carboxylic acids is 1. The van der Waals surface area contributed by atoms with Crippen molar-refractivity contribution in [2.24, 2.45) is 5.41 Å². The Hall–Kier alpha value is -2.32. The van der Waals surface area contributed by atoms with Crippen molar-refractivity contribution in [3.05, 3.63) is 93.6 Å². The first-order valence-electron chi connectivity index (χ1n) is 10.5. The molecule has 1 aromatic carbocycles. The molecule has 30 heavy (non-hydrogen) atoms. The van der Waals surface area contributed by atoms with E-state index in [0.29, 0.717) is 5.02 Å². The van der Waals surface area contributed by atoms with Crippen LogP contribution in [0.4, 0.5) is 0 Å². The first-order valence-corrected chi connectivity index (χ1v) is 10.9. The van der Waals surface area contributed by atoms with Gasteiger partial charge >= 0.3 is 5.97 Å². The fraction of sp³-hybridized carbons (Fsp3) is 0.370. The lowest BCUT2D eigenvalue weighted by atomic mass is 9.72. The zero-order chi connectivity index (χ0) is 22.1. The summed E-state index contributed by atoms with van der Waals surface area (Å²) in [5.74, 6) is -0.352. The number of esters is 1. The van der Waals surface area contributed by atoms with Crippen molar-refractivity contribution < 1.29 is 9.53 Å². The molecule has 2 rings (SSSR count). The number of allylic oxidation sites excluding steroid dienone is 9. The third-order valence-corrected chi connectivity index (χ3v) is 5.67. The molecule has 0 spiro atoms. The van der Waals surface area contributed by atoms with E-state index >= 15 is 0 Å². The Morgan fingerprint density at radius 1 is 1.13 bits per heavy atom. The van der Waals surface area contributed by atoms with Gasteiger partial charge in [-0.25, -0.2) is 4.79 Å². The minimum atomic E-state index is -0.352. The van der Waals surface area contributed by atoms with Crippen LogP contribution in [0.5, 0.6) is 0 Å². The fourth-order valence-electron chi connectivity index (χ4n) is 3.64. The maximum absolute atomic E-state index is 12.0. The molecule has 0 aliphatic heterocycles. The highest BCUT2D eigenvalue weighted by Gasteiger charge is 2.26. The summed E-state index contributed by atoms with van der Waals surface area (Å²) in [7, 11) is 0. The van der Waals surface area contributed by atoms with Crippen LogP contribution in [0.2, 0.25) is 5.02 Å². The van der Waals surface area contributed by atoms with Gasteiger partial charge in [-0.2, -0.15) is 0 Å². The molecule has 2 nitrogen and oxygen atoms in total. The smallest absolute Gasteiger partial charge is 0.331 e. The molecule has 0 bridgehead atoms. The first kappa shape index (κ1) is 24.0. The van der Waals surface area contributed by atoms with Crippen LogP contribution >= 0.6 is 11.6 Å². The van der Waals surface area contributed by atoms with E-state index in [0.717, 1.165) is 11.1 Å². The quantitative estimate of drug-likeness (QED) is 0.252. The van der Waals surface area contributed by atoms with Gasteiger partial charge in [-0.15, -0.1) is 0 Å². The molecule has 160 valence electrons. The first-order chi connectivity index (χ1) is 14.2. The SMILES string of the molecule is CC(C=CC1=C(C)CCCC1(C)C)=CC=CC(C)=CC(=O)OCc1ccc(Cl)cc1. The number of hydrogen-bond acceptors (Lipinski definition) is 2. The van der Waals surface area contributed by atoms with Gasteiger partial charge in [0.05, 0.1) is 0 Å². The van der Waals surface area contributed by atoms with Crippen LogP contribution in [0.15, 0.2) is 83.0 Å². The highest BCUT2D eigenvalue weighted by atomic mass is 35.5. The largest absolute Gasteiger partial charge is 0.458 e. The number of rotatable bonds is 7. The Balaban J connectivity index is 1.89. The van der Waals surface area contributed by atoms with Crippen LogP contribution in [0.1, 0.15) is 59.4 Å². The summed E-state index contributed by atoms with van der Waals surface area (Å²) >= 11 is 5.86. The van der Waals surface area contributed by atoms with Gasteiger partial charge in [0.15, 0.2) is 0 Å². The zero-order valence-electron chi connectivity index (χ0n) is 18.8. The number of ether oxygens (including phenoxy) is 1. The average Bonchev–Trinajstić information content (AvgIpc) is 2.66. The van der Waals surface area contributed by atoms with Gasteiger partial charge in [0.25, 0.3) is 0 Å². The van der Waals surface area contributed by atoms with E-state index in [1.54, 1.807) is 12.1 Å². The summed E-state index contributed by atoms with van der Waals surface area (Å²) in [6, 6.07) is 7.26. The van der Waals surface area contributed by atoms with Crippen LogP contribution in [-0.4, -0.2) is 5.97 Å². The van der Waals surface area contributed by atoms with E-state index in [-0.39, 0.29) is 18.0 Å². The predicted octanol–water partition coefficient (Wildman–Crippen LogP) is 7.91. The second-order valence-electron chi connectivity index (χ2n) is 8.66. The van der Waals surface area contributed by atoms with E-state index in [4.69, 9.17) is 16.3 Å². The van der Waals surface area contributed by atoms with E-state index in [1.165, 1.54) is 42.1 Å². The van der Waals surface area contributed by atoms with Crippen molar-refractivity contribution in [3.63, 3.8) is 0 Å². The Morgan fingerprint density at radius 2 is 1.83 bits per heavy atom. The molecular weight excluding hydrogens is 392 g/mol. The minimum absolute atomic E-state index is 0.235. The maximum Gasteiger partial charge on any atom is 0.331 e. The summed E-state index contributed by atoms with van der Waals surface area (Å²) in [6.07, 6.45) is 15.6. The topological polar surface area (TPSA) is 26.3 Å². The summed E-state index contributed by atoms with van der Waals surface area (Å²) < 4.78 is 5.28. The number of hydrogen-bond donors (Lipinski definition) is 0. The van der Waals surface area contributed by atoms with Crippen molar-refractivity contribution in [1.29, 1.82) is 0 Å². The summed E-state index contributed by atoms with van der Waals surface area (Å²) in [4.78, 5) is 12.0. The molecule has 0 N–H and O–H groups in total. The van der Waals surface area contributed by atoms with Crippen LogP contribution < -0.4 is 0 Å². The zero-order valence-corrected chi connectivity index (χ0v) is 19.6. The van der Waals surface area contributed by atoms with Crippen molar-refractivity contribution in [2.45, 2.75) is 60.5 Å². The maximum atomic E-state index is 12.0. The molecule has 0 radical (unpaired) electrons. The average molecular weight is 425 g/mol. The van der Waals surface area contributed by atoms with E-state index < -0.39 is 0 Å². The summed E-state index contributed by atoms with van der Waals surface area (Å²) in [5, 5.41) is 0.665. The summed E-state index contributed by atoms with van der Waals surface area (Å²) in [6.45, 7) is 11.1. The van der Waals surface area contributed by atoms with Crippen molar-refractivity contribution >= 4 is 17.6 Å². The second-order valence-corrected chi connectivity index (χ2v) is 9.09. The second kappa shape index (κ2) is 11.2. The lowest BCUT2D eigenvalue weighted by Crippen LogP contribution is -2.19. The van der Waals surface area contributed by atoms with Gasteiger partial charge in [-0.05, 0) is 74.3 Å². The van der Waals surface area contributed by atoms with E-state index in [2.05, 4.69) is 45.9 Å². The van der Waals surface area contributed by atoms with Gasteiger partial charge < -0.3 is 4.74 Å². The third kappa shape index (κ3) is 7.84. The number of benzene rings is 1. The van der Waals surface area contributed by atoms with Crippen molar-refractivity contribution in [3.8, 4) is 0 Å². The molecule has 0 saturated heterocycles.